The van der Waals surface area contributed by atoms with Crippen LogP contribution in [0.5, 0.6) is 0 Å². The van der Waals surface area contributed by atoms with E-state index >= 15 is 0 Å². The molecule has 0 saturated carbocycles. The van der Waals surface area contributed by atoms with Gasteiger partial charge in [0, 0.05) is 85.3 Å². The first-order chi connectivity index (χ1) is 32.9. The second-order valence-corrected chi connectivity index (χ2v) is 22.3. The summed E-state index contributed by atoms with van der Waals surface area (Å²) in [6.07, 6.45) is -0.112. The molecule has 2 saturated heterocycles. The fourth-order valence-corrected chi connectivity index (χ4v) is 11.7. The average molecular weight is 1030 g/mol. The summed E-state index contributed by atoms with van der Waals surface area (Å²) in [6, 6.07) is 32.2. The number of nitrogens with one attached hydrogen (secondary N) is 2. The van der Waals surface area contributed by atoms with E-state index in [0.717, 1.165) is 39.4 Å². The van der Waals surface area contributed by atoms with Gasteiger partial charge in [0.1, 0.15) is 11.6 Å². The molecule has 0 unspecified atom stereocenters. The number of sulfone groups is 1. The maximum absolute atomic E-state index is 14.3. The third-order valence-electron chi connectivity index (χ3n) is 12.5. The Morgan fingerprint density at radius 1 is 0.797 bits per heavy atom. The molecule has 2 aliphatic heterocycles. The van der Waals surface area contributed by atoms with Crippen molar-refractivity contribution in [1.82, 2.24) is 14.5 Å². The number of halogens is 5. The second-order valence-electron chi connectivity index (χ2n) is 17.2. The van der Waals surface area contributed by atoms with Gasteiger partial charge in [-0.2, -0.15) is 13.2 Å². The first-order valence-electron chi connectivity index (χ1n) is 22.5. The highest BCUT2D eigenvalue weighted by atomic mass is 35.5. The zero-order valence-electron chi connectivity index (χ0n) is 37.4. The molecule has 12 nitrogen and oxygen atoms in total. The van der Waals surface area contributed by atoms with Crippen LogP contribution in [-0.4, -0.2) is 125 Å². The van der Waals surface area contributed by atoms with Crippen molar-refractivity contribution in [2.75, 3.05) is 75.0 Å². The van der Waals surface area contributed by atoms with Gasteiger partial charge in [0.25, 0.3) is 25.8 Å². The van der Waals surface area contributed by atoms with Gasteiger partial charge < -0.3 is 25.3 Å². The van der Waals surface area contributed by atoms with Crippen molar-refractivity contribution in [3.05, 3.63) is 137 Å². The maximum Gasteiger partial charge on any atom is 0.501 e. The number of piperazine rings is 1. The van der Waals surface area contributed by atoms with Crippen LogP contribution in [-0.2, 0) is 19.9 Å². The van der Waals surface area contributed by atoms with Gasteiger partial charge in [0.2, 0.25) is 0 Å². The zero-order valence-corrected chi connectivity index (χ0v) is 40.6. The number of alkyl halides is 4. The van der Waals surface area contributed by atoms with Gasteiger partial charge in [0.15, 0.2) is 0 Å². The Morgan fingerprint density at radius 2 is 1.43 bits per heavy atom. The quantitative estimate of drug-likeness (QED) is 0.0464. The second kappa shape index (κ2) is 23.0. The lowest BCUT2D eigenvalue weighted by Gasteiger charge is -2.36. The fourth-order valence-electron chi connectivity index (χ4n) is 8.59. The number of aliphatic hydroxyl groups is 2. The Bertz CT molecular complexity index is 2730. The molecule has 5 aromatic carbocycles. The molecule has 0 aliphatic carbocycles. The van der Waals surface area contributed by atoms with Crippen LogP contribution < -0.4 is 14.9 Å². The van der Waals surface area contributed by atoms with Crippen LogP contribution in [0.15, 0.2) is 136 Å². The van der Waals surface area contributed by atoms with Gasteiger partial charge >= 0.3 is 5.51 Å². The van der Waals surface area contributed by atoms with Gasteiger partial charge in [-0.05, 0) is 109 Å². The Labute approximate surface area is 409 Å². The molecule has 7 rings (SSSR count). The molecule has 2 aliphatic rings. The molecule has 0 bridgehead atoms. The zero-order chi connectivity index (χ0) is 49.3. The number of carbonyl (C=O) groups is 1. The number of carbonyl (C=O) groups excluding carboxylic acids is 1. The smallest absolute Gasteiger partial charge is 0.389 e. The number of benzene rings is 5. The Kier molecular flexibility index (Phi) is 17.4. The number of rotatable bonds is 19. The van der Waals surface area contributed by atoms with Crippen molar-refractivity contribution in [2.45, 2.75) is 57.7 Å². The molecule has 69 heavy (non-hydrogen) atoms. The van der Waals surface area contributed by atoms with E-state index in [1.807, 2.05) is 76.4 Å². The van der Waals surface area contributed by atoms with E-state index in [4.69, 9.17) is 11.6 Å². The van der Waals surface area contributed by atoms with E-state index in [9.17, 15) is 49.4 Å². The van der Waals surface area contributed by atoms with Crippen LogP contribution in [0.4, 0.5) is 28.9 Å². The van der Waals surface area contributed by atoms with Crippen LogP contribution in [0.3, 0.4) is 0 Å². The lowest BCUT2D eigenvalue weighted by molar-refractivity contribution is -0.0436. The van der Waals surface area contributed by atoms with E-state index in [2.05, 4.69) is 15.1 Å². The van der Waals surface area contributed by atoms with Crippen molar-refractivity contribution >= 4 is 60.5 Å². The van der Waals surface area contributed by atoms with Crippen molar-refractivity contribution in [3.63, 3.8) is 0 Å². The number of amides is 1. The third-order valence-corrected chi connectivity index (χ3v) is 16.7. The van der Waals surface area contributed by atoms with Crippen LogP contribution >= 0.6 is 23.4 Å². The van der Waals surface area contributed by atoms with E-state index in [1.54, 1.807) is 24.3 Å². The van der Waals surface area contributed by atoms with Gasteiger partial charge in [-0.15, -0.1) is 11.8 Å². The number of anilines is 2. The van der Waals surface area contributed by atoms with Crippen LogP contribution in [0.1, 0.15) is 41.3 Å². The van der Waals surface area contributed by atoms with Crippen molar-refractivity contribution in [1.29, 1.82) is 0 Å². The minimum absolute atomic E-state index is 0.0305. The molecule has 2 fully saturated rings. The number of hydrogen-bond donors (Lipinski definition) is 4. The number of piperidine rings is 1. The minimum Gasteiger partial charge on any atom is -0.389 e. The summed E-state index contributed by atoms with van der Waals surface area (Å²) in [5.74, 6) is -0.811. The summed E-state index contributed by atoms with van der Waals surface area (Å²) in [4.78, 5) is 18.2. The van der Waals surface area contributed by atoms with Crippen LogP contribution in [0, 0.1) is 5.92 Å². The van der Waals surface area contributed by atoms with Gasteiger partial charge in [0.05, 0.1) is 22.8 Å². The number of hydrogen-bond acceptors (Lipinski definition) is 12. The van der Waals surface area contributed by atoms with Gasteiger partial charge in [-0.1, -0.05) is 66.2 Å². The maximum atomic E-state index is 14.3. The summed E-state index contributed by atoms with van der Waals surface area (Å²) < 4.78 is 111. The number of thioether (sulfide) groups is 1. The normalized spacial score (nSPS) is 17.0. The number of sulfonamides is 1. The predicted octanol–water partition coefficient (Wildman–Crippen LogP) is 8.28. The monoisotopic (exact) mass is 1030 g/mol. The SMILES string of the molecule is O=C(NS(=O)(=O)c1ccc(N[C@H](CCN2CCN(C[C@@H](O)CF)CC2)CSc2ccccc2)c(S(=O)(=O)C(F)(F)F)c1)c1ccc(N2CCC([C@@H](O)c3ccccc3-c3ccc(Cl)cc3)CC2)cc1. The van der Waals surface area contributed by atoms with Crippen LogP contribution in [0.2, 0.25) is 5.02 Å². The molecular weight excluding hydrogens is 978 g/mol. The Balaban J connectivity index is 1.02. The van der Waals surface area contributed by atoms with E-state index in [0.29, 0.717) is 81.9 Å². The molecule has 3 atom stereocenters. The topological polar surface area (TPSA) is 160 Å². The van der Waals surface area contributed by atoms with E-state index in [-0.39, 0.29) is 18.0 Å². The van der Waals surface area contributed by atoms with E-state index < -0.39 is 71.7 Å². The lowest BCUT2D eigenvalue weighted by atomic mass is 9.84. The molecular formula is C49H54ClF4N5O7S3. The highest BCUT2D eigenvalue weighted by molar-refractivity contribution is 7.99. The molecule has 0 spiro atoms. The summed E-state index contributed by atoms with van der Waals surface area (Å²) in [5.41, 5.74) is -2.88. The Morgan fingerprint density at radius 3 is 2.09 bits per heavy atom. The molecule has 4 N–H and O–H groups in total. The van der Waals surface area contributed by atoms with E-state index in [1.165, 1.54) is 23.9 Å². The highest BCUT2D eigenvalue weighted by Crippen LogP contribution is 2.39. The number of β-amino-alcohol motifs (C(OH)–C–C–N with tert-alkyl or cyclic N) is 1. The van der Waals surface area contributed by atoms with Crippen molar-refractivity contribution < 1.29 is 49.4 Å². The molecule has 370 valence electrons. The molecule has 2 heterocycles. The third kappa shape index (κ3) is 13.4. The molecule has 5 aromatic rings. The first kappa shape index (κ1) is 52.1. The molecule has 20 heteroatoms. The summed E-state index contributed by atoms with van der Waals surface area (Å²) in [5, 5.41) is 24.8. The van der Waals surface area contributed by atoms with Crippen molar-refractivity contribution in [3.8, 4) is 11.1 Å². The largest absolute Gasteiger partial charge is 0.501 e. The minimum atomic E-state index is -6.12. The Hall–Kier alpha value is -4.73. The first-order valence-corrected chi connectivity index (χ1v) is 26.8. The fraction of sp³-hybridized carbons (Fsp3) is 0.367. The summed E-state index contributed by atoms with van der Waals surface area (Å²) in [6.45, 7) is 3.30. The number of aliphatic hydroxyl groups excluding tert-OH is 2. The summed E-state index contributed by atoms with van der Waals surface area (Å²) >= 11 is 7.50. The molecule has 1 amide bonds. The van der Waals surface area contributed by atoms with Gasteiger partial charge in [-0.25, -0.2) is 25.9 Å². The lowest BCUT2D eigenvalue weighted by Crippen LogP contribution is -2.49. The predicted molar refractivity (Wildman–Crippen MR) is 262 cm³/mol. The van der Waals surface area contributed by atoms with Crippen molar-refractivity contribution in [2.24, 2.45) is 5.92 Å². The summed E-state index contributed by atoms with van der Waals surface area (Å²) in [7, 11) is -11.0. The standard InChI is InChI=1S/C49H54ClF4N5O7S3/c50-37-14-10-34(11-15-37)43-8-4-5-9-44(43)47(61)35-20-24-59(25-21-35)39-16-12-36(13-17-39)48(62)56-69(65,66)42-18-19-45(46(30-42)68(63,64)49(52,53)54)55-38(33-67-41-6-2-1-3-7-41)22-23-57-26-28-58(29-27-57)32-40(60)31-51/h1-19,30,35,38,40,47,55,60-61H,20-29,31-33H2,(H,56,62)/t38-,40+,47-/m1/s1. The molecule has 0 radical (unpaired) electrons. The highest BCUT2D eigenvalue weighted by Gasteiger charge is 2.48. The molecule has 0 aromatic heterocycles. The number of nitrogens with zero attached hydrogens (tertiary/aromatic N) is 3. The van der Waals surface area contributed by atoms with Gasteiger partial charge in [-0.3, -0.25) is 9.69 Å². The average Bonchev–Trinajstić information content (AvgIpc) is 3.35. The van der Waals surface area contributed by atoms with Crippen LogP contribution in [0.25, 0.3) is 11.1 Å².